The van der Waals surface area contributed by atoms with Crippen LogP contribution in [0.15, 0.2) is 0 Å². The first kappa shape index (κ1) is 28.0. The van der Waals surface area contributed by atoms with Crippen LogP contribution in [-0.4, -0.2) is 74.9 Å². The van der Waals surface area contributed by atoms with Gasteiger partial charge in [0.05, 0.1) is 25.7 Å². The van der Waals surface area contributed by atoms with E-state index in [0.29, 0.717) is 0 Å². The number of aliphatic carboxylic acids is 2. The van der Waals surface area contributed by atoms with E-state index in [1.807, 2.05) is 0 Å². The van der Waals surface area contributed by atoms with Gasteiger partial charge in [0, 0.05) is 6.42 Å². The summed E-state index contributed by atoms with van der Waals surface area (Å²) in [5.41, 5.74) is -2.76. The average Bonchev–Trinajstić information content (AvgIpc) is 2.50. The molecule has 31 heavy (non-hydrogen) atoms. The molecule has 0 fully saturated rings. The standard InChI is InChI=1S/C19H28O12/c1-10(20)5-11(2)29-16(25)8-19(28,18(27)31-13(4)7-15(23)24)9-17(26)30-12(3)6-14(21)22/h11-13,28H,5-9H2,1-4H3,(H,21,22)(H,23,24). The Balaban J connectivity index is 5.38. The molecule has 0 aromatic heterocycles. The van der Waals surface area contributed by atoms with Gasteiger partial charge in [0.2, 0.25) is 0 Å². The number of carbonyl (C=O) groups excluding carboxylic acids is 4. The zero-order chi connectivity index (χ0) is 24.4. The number of carbonyl (C=O) groups is 6. The van der Waals surface area contributed by atoms with Crippen molar-refractivity contribution in [1.82, 2.24) is 0 Å². The van der Waals surface area contributed by atoms with Crippen molar-refractivity contribution in [2.45, 2.75) is 83.7 Å². The molecule has 0 aromatic rings. The summed E-state index contributed by atoms with van der Waals surface area (Å²) in [4.78, 5) is 69.2. The van der Waals surface area contributed by atoms with Gasteiger partial charge in [-0.15, -0.1) is 0 Å². The van der Waals surface area contributed by atoms with Gasteiger partial charge in [0.25, 0.3) is 0 Å². The number of ketones is 1. The third-order valence-electron chi connectivity index (χ3n) is 3.73. The van der Waals surface area contributed by atoms with E-state index in [9.17, 15) is 33.9 Å². The molecule has 0 spiro atoms. The van der Waals surface area contributed by atoms with E-state index in [2.05, 4.69) is 0 Å². The van der Waals surface area contributed by atoms with Gasteiger partial charge in [-0.3, -0.25) is 24.0 Å². The molecule has 0 aliphatic heterocycles. The minimum Gasteiger partial charge on any atom is -0.481 e. The lowest BCUT2D eigenvalue weighted by molar-refractivity contribution is -0.184. The molecule has 12 nitrogen and oxygen atoms in total. The summed E-state index contributed by atoms with van der Waals surface area (Å²) in [5, 5.41) is 28.1. The highest BCUT2D eigenvalue weighted by molar-refractivity contribution is 5.90. The Morgan fingerprint density at radius 1 is 0.710 bits per heavy atom. The fourth-order valence-electron chi connectivity index (χ4n) is 2.53. The second kappa shape index (κ2) is 12.6. The maximum atomic E-state index is 12.4. The quantitative estimate of drug-likeness (QED) is 0.242. The highest BCUT2D eigenvalue weighted by Crippen LogP contribution is 2.22. The Morgan fingerprint density at radius 2 is 1.06 bits per heavy atom. The molecule has 0 amide bonds. The normalized spacial score (nSPS) is 15.5. The van der Waals surface area contributed by atoms with Crippen molar-refractivity contribution in [1.29, 1.82) is 0 Å². The lowest BCUT2D eigenvalue weighted by atomic mass is 9.95. The SMILES string of the molecule is CC(=O)CC(C)OC(=O)CC(O)(CC(=O)OC(C)CC(=O)O)C(=O)OC(C)CC(=O)O. The van der Waals surface area contributed by atoms with E-state index in [0.717, 1.165) is 0 Å². The van der Waals surface area contributed by atoms with Crippen molar-refractivity contribution < 1.29 is 58.3 Å². The summed E-state index contributed by atoms with van der Waals surface area (Å²) in [5.74, 6) is -6.58. The van der Waals surface area contributed by atoms with Crippen molar-refractivity contribution in [3.05, 3.63) is 0 Å². The molecule has 0 saturated heterocycles. The van der Waals surface area contributed by atoms with Crippen molar-refractivity contribution in [2.24, 2.45) is 0 Å². The first-order valence-electron chi connectivity index (χ1n) is 9.40. The minimum absolute atomic E-state index is 0.112. The second-order valence-corrected chi connectivity index (χ2v) is 7.30. The van der Waals surface area contributed by atoms with Crippen molar-refractivity contribution in [2.75, 3.05) is 0 Å². The Kier molecular flexibility index (Phi) is 11.4. The molecule has 12 heteroatoms. The molecule has 3 N–H and O–H groups in total. The van der Waals surface area contributed by atoms with Gasteiger partial charge >= 0.3 is 29.8 Å². The number of carboxylic acids is 2. The Morgan fingerprint density at radius 3 is 1.42 bits per heavy atom. The first-order valence-corrected chi connectivity index (χ1v) is 9.40. The van der Waals surface area contributed by atoms with Crippen LogP contribution < -0.4 is 0 Å². The summed E-state index contributed by atoms with van der Waals surface area (Å²) in [6, 6.07) is 0. The Labute approximate surface area is 178 Å². The van der Waals surface area contributed by atoms with Crippen LogP contribution in [0.25, 0.3) is 0 Å². The van der Waals surface area contributed by atoms with Crippen LogP contribution in [0.2, 0.25) is 0 Å². The van der Waals surface area contributed by atoms with Crippen LogP contribution in [0, 0.1) is 0 Å². The van der Waals surface area contributed by atoms with E-state index < -0.39 is 79.4 Å². The monoisotopic (exact) mass is 448 g/mol. The van der Waals surface area contributed by atoms with Gasteiger partial charge in [-0.25, -0.2) is 4.79 Å². The third-order valence-corrected chi connectivity index (χ3v) is 3.73. The van der Waals surface area contributed by atoms with E-state index in [4.69, 9.17) is 24.4 Å². The van der Waals surface area contributed by atoms with Crippen molar-refractivity contribution in [3.63, 3.8) is 0 Å². The van der Waals surface area contributed by atoms with Gasteiger partial charge in [0.15, 0.2) is 5.60 Å². The molecule has 4 atom stereocenters. The van der Waals surface area contributed by atoms with E-state index >= 15 is 0 Å². The van der Waals surface area contributed by atoms with E-state index in [-0.39, 0.29) is 12.2 Å². The largest absolute Gasteiger partial charge is 0.481 e. The predicted molar refractivity (Wildman–Crippen MR) is 101 cm³/mol. The van der Waals surface area contributed by atoms with Crippen LogP contribution in [0.4, 0.5) is 0 Å². The Hall–Kier alpha value is -3.02. The zero-order valence-electron chi connectivity index (χ0n) is 17.8. The molecular formula is C19H28O12. The number of aliphatic hydroxyl groups is 1. The van der Waals surface area contributed by atoms with Crippen LogP contribution in [0.3, 0.4) is 0 Å². The number of hydrogen-bond donors (Lipinski definition) is 3. The van der Waals surface area contributed by atoms with Gasteiger partial charge in [-0.1, -0.05) is 0 Å². The molecule has 4 unspecified atom stereocenters. The van der Waals surface area contributed by atoms with E-state index in [1.54, 1.807) is 0 Å². The van der Waals surface area contributed by atoms with Crippen LogP contribution in [-0.2, 0) is 43.0 Å². The molecule has 0 radical (unpaired) electrons. The number of Topliss-reactive ketones (excluding diaryl/α,β-unsaturated/α-hetero) is 1. The highest BCUT2D eigenvalue weighted by Gasteiger charge is 2.44. The number of carboxylic acid groups (broad SMARTS) is 2. The zero-order valence-corrected chi connectivity index (χ0v) is 17.8. The molecule has 0 aromatic carbocycles. The first-order chi connectivity index (χ1) is 14.1. The number of rotatable bonds is 14. The van der Waals surface area contributed by atoms with Crippen LogP contribution >= 0.6 is 0 Å². The summed E-state index contributed by atoms with van der Waals surface area (Å²) < 4.78 is 14.6. The topological polar surface area (TPSA) is 191 Å². The minimum atomic E-state index is -2.76. The maximum Gasteiger partial charge on any atom is 0.339 e. The second-order valence-electron chi connectivity index (χ2n) is 7.30. The molecule has 0 aliphatic carbocycles. The lowest BCUT2D eigenvalue weighted by Crippen LogP contribution is -2.46. The molecule has 0 aliphatic rings. The maximum absolute atomic E-state index is 12.4. The average molecular weight is 448 g/mol. The predicted octanol–water partition coefficient (Wildman–Crippen LogP) is 0.221. The van der Waals surface area contributed by atoms with E-state index in [1.165, 1.54) is 27.7 Å². The van der Waals surface area contributed by atoms with Gasteiger partial charge < -0.3 is 29.5 Å². The summed E-state index contributed by atoms with van der Waals surface area (Å²) in [6.07, 6.45) is -6.50. The summed E-state index contributed by atoms with van der Waals surface area (Å²) in [7, 11) is 0. The molecule has 176 valence electrons. The molecule has 0 saturated carbocycles. The Bertz CT molecular complexity index is 660. The van der Waals surface area contributed by atoms with Gasteiger partial charge in [0.1, 0.15) is 24.1 Å². The summed E-state index contributed by atoms with van der Waals surface area (Å²) in [6.45, 7) is 5.19. The fourth-order valence-corrected chi connectivity index (χ4v) is 2.53. The molecular weight excluding hydrogens is 420 g/mol. The number of ether oxygens (including phenoxy) is 3. The molecule has 0 bridgehead atoms. The molecule has 0 heterocycles. The smallest absolute Gasteiger partial charge is 0.339 e. The highest BCUT2D eigenvalue weighted by atomic mass is 16.6. The lowest BCUT2D eigenvalue weighted by Gasteiger charge is -2.27. The number of hydrogen-bond acceptors (Lipinski definition) is 10. The fraction of sp³-hybridized carbons (Fsp3) is 0.684. The third kappa shape index (κ3) is 12.3. The molecule has 0 rings (SSSR count). The van der Waals surface area contributed by atoms with Gasteiger partial charge in [-0.2, -0.15) is 0 Å². The van der Waals surface area contributed by atoms with Crippen molar-refractivity contribution in [3.8, 4) is 0 Å². The number of esters is 3. The van der Waals surface area contributed by atoms with Crippen LogP contribution in [0.5, 0.6) is 0 Å². The summed E-state index contributed by atoms with van der Waals surface area (Å²) >= 11 is 0. The van der Waals surface area contributed by atoms with Gasteiger partial charge in [-0.05, 0) is 27.7 Å². The van der Waals surface area contributed by atoms with Crippen molar-refractivity contribution >= 4 is 35.6 Å². The van der Waals surface area contributed by atoms with Crippen LogP contribution in [0.1, 0.15) is 59.8 Å².